The number of carbonyl (C=O) groups excluding carboxylic acids is 2. The molecule has 0 aliphatic carbocycles. The summed E-state index contributed by atoms with van der Waals surface area (Å²) in [7, 11) is 0. The lowest BCUT2D eigenvalue weighted by atomic mass is 9.95. The van der Waals surface area contributed by atoms with Crippen molar-refractivity contribution in [1.82, 2.24) is 10.2 Å². The summed E-state index contributed by atoms with van der Waals surface area (Å²) in [5.74, 6) is 0.0287. The van der Waals surface area contributed by atoms with E-state index in [4.69, 9.17) is 21.1 Å². The lowest BCUT2D eigenvalue weighted by molar-refractivity contribution is -0.132. The number of nitrogens with zero attached hydrogens (tertiary/aromatic N) is 3. The van der Waals surface area contributed by atoms with Gasteiger partial charge in [0.15, 0.2) is 4.34 Å². The Kier molecular flexibility index (Phi) is 11.2. The number of anilines is 1. The van der Waals surface area contributed by atoms with E-state index in [1.54, 1.807) is 24.3 Å². The highest BCUT2D eigenvalue weighted by Gasteiger charge is 2.48. The molecule has 0 radical (unpaired) electrons. The van der Waals surface area contributed by atoms with E-state index in [1.807, 2.05) is 55.5 Å². The number of thioether (sulfide) groups is 1. The van der Waals surface area contributed by atoms with Gasteiger partial charge in [0.2, 0.25) is 5.13 Å². The summed E-state index contributed by atoms with van der Waals surface area (Å²) in [5.41, 5.74) is 1.94. The first-order chi connectivity index (χ1) is 21.9. The summed E-state index contributed by atoms with van der Waals surface area (Å²) < 4.78 is 12.2. The molecule has 4 aromatic rings. The van der Waals surface area contributed by atoms with Crippen molar-refractivity contribution < 1.29 is 24.2 Å². The minimum absolute atomic E-state index is 0.0284. The molecule has 1 unspecified atom stereocenters. The third-order valence-electron chi connectivity index (χ3n) is 7.17. The van der Waals surface area contributed by atoms with Crippen LogP contribution in [0.2, 0.25) is 5.02 Å². The zero-order valence-electron chi connectivity index (χ0n) is 25.1. The number of rotatable bonds is 14. The average Bonchev–Trinajstić information content (AvgIpc) is 3.63. The number of aliphatic hydroxyl groups excluding tert-OH is 1. The van der Waals surface area contributed by atoms with Crippen molar-refractivity contribution in [3.63, 3.8) is 0 Å². The van der Waals surface area contributed by atoms with Gasteiger partial charge in [-0.25, -0.2) is 0 Å². The Hall–Kier alpha value is -3.86. The molecule has 1 amide bonds. The summed E-state index contributed by atoms with van der Waals surface area (Å²) >= 11 is 8.96. The number of amides is 1. The first-order valence-electron chi connectivity index (χ1n) is 14.9. The van der Waals surface area contributed by atoms with Crippen molar-refractivity contribution in [3.8, 4) is 11.5 Å². The molecule has 0 bridgehead atoms. The number of ketones is 1. The monoisotopic (exact) mass is 663 g/mol. The van der Waals surface area contributed by atoms with Crippen LogP contribution < -0.4 is 14.4 Å². The summed E-state index contributed by atoms with van der Waals surface area (Å²) in [6.45, 7) is 5.32. The molecule has 8 nitrogen and oxygen atoms in total. The molecule has 1 N–H and O–H groups in total. The van der Waals surface area contributed by atoms with Gasteiger partial charge in [0.05, 0.1) is 24.8 Å². The molecule has 0 spiro atoms. The Morgan fingerprint density at radius 3 is 2.29 bits per heavy atom. The number of aliphatic hydroxyl groups is 1. The van der Waals surface area contributed by atoms with Crippen LogP contribution in [0.5, 0.6) is 11.5 Å². The second-order valence-electron chi connectivity index (χ2n) is 10.4. The van der Waals surface area contributed by atoms with Gasteiger partial charge in [-0.3, -0.25) is 14.5 Å². The molecule has 3 aromatic carbocycles. The van der Waals surface area contributed by atoms with E-state index >= 15 is 0 Å². The molecule has 11 heteroatoms. The molecule has 1 aliphatic rings. The lowest BCUT2D eigenvalue weighted by Gasteiger charge is -2.22. The predicted molar refractivity (Wildman–Crippen MR) is 179 cm³/mol. The first-order valence-corrected chi connectivity index (χ1v) is 17.1. The summed E-state index contributed by atoms with van der Waals surface area (Å²) in [6.07, 6.45) is 3.99. The van der Waals surface area contributed by atoms with Gasteiger partial charge in [-0.2, -0.15) is 0 Å². The second-order valence-corrected chi connectivity index (χ2v) is 13.0. The van der Waals surface area contributed by atoms with Gasteiger partial charge in [-0.1, -0.05) is 91.7 Å². The van der Waals surface area contributed by atoms with Gasteiger partial charge in [0.25, 0.3) is 5.78 Å². The standard InChI is InChI=1S/C34H34ClN3O5S2/c1-3-5-8-20-43-26-15-11-22(12-16-26)29-28(30(39)23-13-17-25(18-14-23)42-19-4-2)31(40)32(41)38(29)33-36-37-34(45-33)44-21-24-9-6-7-10-27(24)35/h6-7,9-18,29,39H,3-5,8,19-21H2,1-2H3/b30-28-. The molecule has 45 heavy (non-hydrogen) atoms. The number of benzene rings is 3. The van der Waals surface area contributed by atoms with Crippen LogP contribution in [0.3, 0.4) is 0 Å². The molecule has 1 fully saturated rings. The highest BCUT2D eigenvalue weighted by atomic mass is 35.5. The third kappa shape index (κ3) is 7.69. The van der Waals surface area contributed by atoms with Crippen molar-refractivity contribution in [2.75, 3.05) is 18.1 Å². The number of hydrogen-bond acceptors (Lipinski definition) is 9. The molecule has 1 aromatic heterocycles. The molecule has 2 heterocycles. The van der Waals surface area contributed by atoms with Crippen molar-refractivity contribution in [1.29, 1.82) is 0 Å². The van der Waals surface area contributed by atoms with E-state index < -0.39 is 17.7 Å². The van der Waals surface area contributed by atoms with E-state index in [2.05, 4.69) is 17.1 Å². The minimum atomic E-state index is -0.926. The molecule has 1 saturated heterocycles. The predicted octanol–water partition coefficient (Wildman–Crippen LogP) is 8.47. The van der Waals surface area contributed by atoms with E-state index in [-0.39, 0.29) is 16.5 Å². The van der Waals surface area contributed by atoms with Gasteiger partial charge < -0.3 is 14.6 Å². The zero-order valence-corrected chi connectivity index (χ0v) is 27.5. The summed E-state index contributed by atoms with van der Waals surface area (Å²) in [4.78, 5) is 28.5. The van der Waals surface area contributed by atoms with Crippen LogP contribution in [-0.4, -0.2) is 40.2 Å². The smallest absolute Gasteiger partial charge is 0.301 e. The lowest BCUT2D eigenvalue weighted by Crippen LogP contribution is -2.29. The topological polar surface area (TPSA) is 102 Å². The van der Waals surface area contributed by atoms with Crippen molar-refractivity contribution in [2.24, 2.45) is 0 Å². The highest BCUT2D eigenvalue weighted by molar-refractivity contribution is 8.00. The van der Waals surface area contributed by atoms with E-state index in [9.17, 15) is 14.7 Å². The quantitative estimate of drug-likeness (QED) is 0.0358. The van der Waals surface area contributed by atoms with Crippen LogP contribution in [0, 0.1) is 0 Å². The zero-order chi connectivity index (χ0) is 31.8. The average molecular weight is 664 g/mol. The van der Waals surface area contributed by atoms with Gasteiger partial charge in [-0.15, -0.1) is 10.2 Å². The Labute approximate surface area is 276 Å². The SMILES string of the molecule is CCCCCOc1ccc(C2/C(=C(/O)c3ccc(OCCC)cc3)C(=O)C(=O)N2c2nnc(SCc3ccccc3Cl)s2)cc1. The molecule has 0 saturated carbocycles. The fourth-order valence-corrected chi connectivity index (χ4v) is 6.98. The van der Waals surface area contributed by atoms with Crippen LogP contribution in [0.15, 0.2) is 82.7 Å². The summed E-state index contributed by atoms with van der Waals surface area (Å²) in [5, 5.41) is 21.0. The van der Waals surface area contributed by atoms with Crippen LogP contribution in [0.4, 0.5) is 5.13 Å². The second kappa shape index (κ2) is 15.4. The van der Waals surface area contributed by atoms with E-state index in [0.29, 0.717) is 51.0 Å². The van der Waals surface area contributed by atoms with Crippen LogP contribution in [-0.2, 0) is 15.3 Å². The molecule has 1 aliphatic heterocycles. The van der Waals surface area contributed by atoms with Crippen LogP contribution in [0.25, 0.3) is 5.76 Å². The number of aromatic nitrogens is 2. The van der Waals surface area contributed by atoms with Gasteiger partial charge >= 0.3 is 5.91 Å². The Bertz CT molecular complexity index is 1660. The molecule has 234 valence electrons. The van der Waals surface area contributed by atoms with Crippen LogP contribution >= 0.6 is 34.7 Å². The first kappa shape index (κ1) is 32.5. The normalized spacial score (nSPS) is 15.9. The molecule has 1 atom stereocenters. The van der Waals surface area contributed by atoms with Crippen LogP contribution in [0.1, 0.15) is 62.3 Å². The fourth-order valence-electron chi connectivity index (χ4n) is 4.83. The van der Waals surface area contributed by atoms with Crippen molar-refractivity contribution in [3.05, 3.63) is 100 Å². The number of hydrogen-bond donors (Lipinski definition) is 1. The number of unbranched alkanes of at least 4 members (excludes halogenated alkanes) is 2. The Balaban J connectivity index is 1.48. The van der Waals surface area contributed by atoms with Crippen molar-refractivity contribution in [2.45, 2.75) is 55.7 Å². The number of Topliss-reactive ketones (excluding diaryl/α,β-unsaturated/α-hetero) is 1. The summed E-state index contributed by atoms with van der Waals surface area (Å²) in [6, 6.07) is 20.7. The van der Waals surface area contributed by atoms with Gasteiger partial charge in [0.1, 0.15) is 17.3 Å². The van der Waals surface area contributed by atoms with Gasteiger partial charge in [-0.05, 0) is 66.4 Å². The molecule has 5 rings (SSSR count). The Morgan fingerprint density at radius 1 is 0.911 bits per heavy atom. The maximum Gasteiger partial charge on any atom is 0.301 e. The van der Waals surface area contributed by atoms with E-state index in [1.165, 1.54) is 28.0 Å². The van der Waals surface area contributed by atoms with E-state index in [0.717, 1.165) is 31.2 Å². The third-order valence-corrected chi connectivity index (χ3v) is 9.64. The number of halogens is 1. The van der Waals surface area contributed by atoms with Crippen molar-refractivity contribution >= 4 is 57.3 Å². The molecular weight excluding hydrogens is 630 g/mol. The maximum absolute atomic E-state index is 13.6. The largest absolute Gasteiger partial charge is 0.507 e. The number of carbonyl (C=O) groups is 2. The molecular formula is C34H34ClN3O5S2. The maximum atomic E-state index is 13.6. The minimum Gasteiger partial charge on any atom is -0.507 e. The number of ether oxygens (including phenoxy) is 2. The fraction of sp³-hybridized carbons (Fsp3) is 0.294. The Morgan fingerprint density at radius 2 is 1.60 bits per heavy atom. The highest BCUT2D eigenvalue weighted by Crippen LogP contribution is 2.44. The van der Waals surface area contributed by atoms with Gasteiger partial charge in [0, 0.05) is 16.3 Å².